The quantitative estimate of drug-likeness (QED) is 0.217. The predicted octanol–water partition coefficient (Wildman–Crippen LogP) is 4.78. The number of benzene rings is 2. The van der Waals surface area contributed by atoms with Gasteiger partial charge >= 0.3 is 12.1 Å². The van der Waals surface area contributed by atoms with Crippen molar-refractivity contribution in [2.24, 2.45) is 0 Å². The summed E-state index contributed by atoms with van der Waals surface area (Å²) in [4.78, 5) is 38.6. The number of fused-ring (bicyclic) bond motifs is 3. The first kappa shape index (κ1) is 34.7. The van der Waals surface area contributed by atoms with Gasteiger partial charge in [0.2, 0.25) is 0 Å². The summed E-state index contributed by atoms with van der Waals surface area (Å²) in [6.45, 7) is 11.0. The molecule has 47 heavy (non-hydrogen) atoms. The lowest BCUT2D eigenvalue weighted by molar-refractivity contribution is -0.175. The molecule has 2 heterocycles. The lowest BCUT2D eigenvalue weighted by Gasteiger charge is -2.26. The molecule has 2 fully saturated rings. The molecule has 2 N–H and O–H groups in total. The fourth-order valence-corrected chi connectivity index (χ4v) is 6.52. The lowest BCUT2D eigenvalue weighted by atomic mass is 9.97. The van der Waals surface area contributed by atoms with Crippen LogP contribution in [-0.4, -0.2) is 84.8 Å². The van der Waals surface area contributed by atoms with Gasteiger partial charge in [-0.25, -0.2) is 4.79 Å². The van der Waals surface area contributed by atoms with Crippen molar-refractivity contribution in [3.63, 3.8) is 0 Å². The molecule has 0 bridgehead atoms. The second-order valence-corrected chi connectivity index (χ2v) is 13.1. The van der Waals surface area contributed by atoms with E-state index < -0.39 is 54.1 Å². The number of hydrogen-bond donors (Lipinski definition) is 2. The molecule has 1 aliphatic carbocycles. The Morgan fingerprint density at radius 2 is 1.62 bits per heavy atom. The van der Waals surface area contributed by atoms with Crippen molar-refractivity contribution in [1.82, 2.24) is 5.32 Å². The fourth-order valence-electron chi connectivity index (χ4n) is 6.52. The number of ether oxygens (including phenoxy) is 6. The summed E-state index contributed by atoms with van der Waals surface area (Å²) < 4.78 is 34.5. The van der Waals surface area contributed by atoms with Gasteiger partial charge in [-0.15, -0.1) is 0 Å². The number of Topliss-reactive ketones (excluding diaryl/α,β-unsaturated/α-hetero) is 1. The third-order valence-corrected chi connectivity index (χ3v) is 8.57. The van der Waals surface area contributed by atoms with Crippen LogP contribution < -0.4 is 5.32 Å². The average Bonchev–Trinajstić information content (AvgIpc) is 3.67. The average molecular weight is 652 g/mol. The molecule has 0 aromatic heterocycles. The van der Waals surface area contributed by atoms with Crippen LogP contribution in [0.15, 0.2) is 61.2 Å². The Hall–Kier alpha value is -3.61. The molecule has 1 unspecified atom stereocenters. The highest BCUT2D eigenvalue weighted by molar-refractivity contribution is 5.82. The van der Waals surface area contributed by atoms with Gasteiger partial charge < -0.3 is 38.8 Å². The second kappa shape index (κ2) is 14.7. The van der Waals surface area contributed by atoms with E-state index in [9.17, 15) is 19.5 Å². The van der Waals surface area contributed by atoms with Gasteiger partial charge in [0.05, 0.1) is 19.1 Å². The Morgan fingerprint density at radius 1 is 0.957 bits per heavy atom. The molecular formula is C36H45NO10. The number of aliphatic hydroxyl groups is 1. The van der Waals surface area contributed by atoms with E-state index in [-0.39, 0.29) is 57.2 Å². The molecule has 2 saturated heterocycles. The Kier molecular flexibility index (Phi) is 10.8. The summed E-state index contributed by atoms with van der Waals surface area (Å²) in [5, 5.41) is 13.8. The van der Waals surface area contributed by atoms with Crippen molar-refractivity contribution in [2.45, 2.75) is 101 Å². The van der Waals surface area contributed by atoms with Gasteiger partial charge in [-0.2, -0.15) is 0 Å². The predicted molar refractivity (Wildman–Crippen MR) is 171 cm³/mol. The molecule has 2 aromatic carbocycles. The summed E-state index contributed by atoms with van der Waals surface area (Å²) in [5.74, 6) is -2.74. The van der Waals surface area contributed by atoms with Crippen LogP contribution in [0, 0.1) is 0 Å². The molecule has 5 atom stereocenters. The summed E-state index contributed by atoms with van der Waals surface area (Å²) in [6.07, 6.45) is -2.49. The van der Waals surface area contributed by atoms with Crippen LogP contribution in [0.2, 0.25) is 0 Å². The first-order chi connectivity index (χ1) is 22.4. The van der Waals surface area contributed by atoms with E-state index in [1.165, 1.54) is 6.08 Å². The normalized spacial score (nSPS) is 23.7. The van der Waals surface area contributed by atoms with Crippen LogP contribution in [0.25, 0.3) is 11.1 Å². The number of esters is 1. The van der Waals surface area contributed by atoms with Crippen LogP contribution in [0.5, 0.6) is 0 Å². The third-order valence-electron chi connectivity index (χ3n) is 8.57. The Bertz CT molecular complexity index is 1410. The molecule has 5 rings (SSSR count). The minimum absolute atomic E-state index is 0.00451. The molecule has 2 aliphatic heterocycles. The molecule has 0 saturated carbocycles. The number of aliphatic hydroxyl groups excluding tert-OH is 1. The van der Waals surface area contributed by atoms with Crippen LogP contribution in [-0.2, 0) is 38.0 Å². The summed E-state index contributed by atoms with van der Waals surface area (Å²) in [7, 11) is 0. The highest BCUT2D eigenvalue weighted by Crippen LogP contribution is 2.44. The number of rotatable bonds is 14. The Labute approximate surface area is 275 Å². The van der Waals surface area contributed by atoms with Gasteiger partial charge in [-0.3, -0.25) is 9.59 Å². The van der Waals surface area contributed by atoms with Crippen LogP contribution in [0.1, 0.15) is 70.4 Å². The Morgan fingerprint density at radius 3 is 2.23 bits per heavy atom. The standard InChI is InChI=1S/C36H45NO10/c1-6-17-42-31(40)19-22(37-34(41)43-20-28-26-13-9-7-11-24(26)25-12-8-10-14-27(25)28)18-23(38)15-16-29(39)32-33(47-36(4,5)46-32)30-21-44-35(2,3)45-30/h6-14,22,28-30,32-33,39H,1,15-21H2,2-5H3,(H,37,41)/t22?,29-,30+,32+,33+/m0/s1. The van der Waals surface area contributed by atoms with Gasteiger partial charge in [0, 0.05) is 24.8 Å². The molecule has 2 aromatic rings. The smallest absolute Gasteiger partial charge is 0.407 e. The van der Waals surface area contributed by atoms with Gasteiger partial charge in [0.15, 0.2) is 11.6 Å². The molecule has 254 valence electrons. The maximum atomic E-state index is 13.2. The van der Waals surface area contributed by atoms with Crippen LogP contribution in [0.4, 0.5) is 4.79 Å². The molecule has 0 spiro atoms. The molecule has 0 radical (unpaired) electrons. The van der Waals surface area contributed by atoms with Crippen molar-refractivity contribution in [3.05, 3.63) is 72.3 Å². The maximum Gasteiger partial charge on any atom is 0.407 e. The molecule has 11 heteroatoms. The highest BCUT2D eigenvalue weighted by Gasteiger charge is 2.51. The van der Waals surface area contributed by atoms with E-state index in [1.54, 1.807) is 27.7 Å². The number of nitrogens with one attached hydrogen (secondary N) is 1. The van der Waals surface area contributed by atoms with Gasteiger partial charge in [0.1, 0.15) is 37.3 Å². The largest absolute Gasteiger partial charge is 0.461 e. The van der Waals surface area contributed by atoms with E-state index in [2.05, 4.69) is 11.9 Å². The second-order valence-electron chi connectivity index (χ2n) is 13.1. The van der Waals surface area contributed by atoms with Gasteiger partial charge in [-0.05, 0) is 56.4 Å². The van der Waals surface area contributed by atoms with E-state index in [1.807, 2.05) is 48.5 Å². The fraction of sp³-hybridized carbons (Fsp3) is 0.528. The zero-order valence-corrected chi connectivity index (χ0v) is 27.4. The number of carbonyl (C=O) groups excluding carboxylic acids is 3. The zero-order valence-electron chi connectivity index (χ0n) is 27.4. The SMILES string of the molecule is C=CCOC(=O)CC(CC(=O)CC[C@H](O)[C@H]1OC(C)(C)O[C@@H]1[C@H]1COC(C)(C)O1)NC(=O)OCC1c2ccccc2-c2ccccc21. The minimum atomic E-state index is -1.04. The number of hydrogen-bond acceptors (Lipinski definition) is 10. The molecular weight excluding hydrogens is 606 g/mol. The van der Waals surface area contributed by atoms with Crippen molar-refractivity contribution in [2.75, 3.05) is 19.8 Å². The van der Waals surface area contributed by atoms with E-state index >= 15 is 0 Å². The van der Waals surface area contributed by atoms with Gasteiger partial charge in [0.25, 0.3) is 0 Å². The molecule has 1 amide bonds. The van der Waals surface area contributed by atoms with Gasteiger partial charge in [-0.1, -0.05) is 61.2 Å². The summed E-state index contributed by atoms with van der Waals surface area (Å²) >= 11 is 0. The van der Waals surface area contributed by atoms with E-state index in [0.717, 1.165) is 22.3 Å². The van der Waals surface area contributed by atoms with E-state index in [0.29, 0.717) is 0 Å². The topological polar surface area (TPSA) is 139 Å². The minimum Gasteiger partial charge on any atom is -0.461 e. The number of carbonyl (C=O) groups is 3. The maximum absolute atomic E-state index is 13.2. The molecule has 11 nitrogen and oxygen atoms in total. The van der Waals surface area contributed by atoms with Crippen LogP contribution in [0.3, 0.4) is 0 Å². The monoisotopic (exact) mass is 651 g/mol. The lowest BCUT2D eigenvalue weighted by Crippen LogP contribution is -2.44. The first-order valence-corrected chi connectivity index (χ1v) is 16.1. The highest BCUT2D eigenvalue weighted by atomic mass is 16.8. The number of ketones is 1. The summed E-state index contributed by atoms with van der Waals surface area (Å²) in [5.41, 5.74) is 4.34. The number of amides is 1. The van der Waals surface area contributed by atoms with Crippen molar-refractivity contribution in [1.29, 1.82) is 0 Å². The molecule has 3 aliphatic rings. The van der Waals surface area contributed by atoms with Crippen molar-refractivity contribution in [3.8, 4) is 11.1 Å². The first-order valence-electron chi connectivity index (χ1n) is 16.1. The third kappa shape index (κ3) is 8.65. The van der Waals surface area contributed by atoms with E-state index in [4.69, 9.17) is 28.4 Å². The number of alkyl carbamates (subject to hydrolysis) is 1. The Balaban J connectivity index is 1.17. The summed E-state index contributed by atoms with van der Waals surface area (Å²) in [6, 6.07) is 15.1. The van der Waals surface area contributed by atoms with Crippen molar-refractivity contribution >= 4 is 17.8 Å². The zero-order chi connectivity index (χ0) is 33.8. The van der Waals surface area contributed by atoms with Crippen LogP contribution >= 0.6 is 0 Å². The van der Waals surface area contributed by atoms with Crippen molar-refractivity contribution < 1.29 is 47.9 Å².